The number of anilines is 2. The first-order valence-corrected chi connectivity index (χ1v) is 14.2. The van der Waals surface area contributed by atoms with Gasteiger partial charge in [0.1, 0.15) is 30.0 Å². The Balaban J connectivity index is 1.66. The van der Waals surface area contributed by atoms with Crippen molar-refractivity contribution in [3.05, 3.63) is 54.1 Å². The minimum absolute atomic E-state index is 0.0267. The molecular weight excluding hydrogens is 610 g/mol. The summed E-state index contributed by atoms with van der Waals surface area (Å²) in [6.45, 7) is 3.30. The van der Waals surface area contributed by atoms with E-state index in [1.54, 1.807) is 37.8 Å². The summed E-state index contributed by atoms with van der Waals surface area (Å²) in [4.78, 5) is 42.4. The van der Waals surface area contributed by atoms with Crippen LogP contribution in [0.2, 0.25) is 0 Å². The summed E-state index contributed by atoms with van der Waals surface area (Å²) in [5.41, 5.74) is -0.702. The first-order valence-electron chi connectivity index (χ1n) is 14.2. The number of nitrogens with zero attached hydrogens (tertiary/aromatic N) is 2. The Kier molecular flexibility index (Phi) is 9.78. The number of nitrogens with one attached hydrogen (secondary N) is 2. The third-order valence-electron chi connectivity index (χ3n) is 6.94. The summed E-state index contributed by atoms with van der Waals surface area (Å²) in [6, 6.07) is 8.00. The highest BCUT2D eigenvalue weighted by molar-refractivity contribution is 6.04. The van der Waals surface area contributed by atoms with Gasteiger partial charge < -0.3 is 25.0 Å². The van der Waals surface area contributed by atoms with Crippen LogP contribution in [0.4, 0.5) is 42.5 Å². The number of alkyl halides is 6. The highest BCUT2D eigenvalue weighted by Crippen LogP contribution is 2.38. The van der Waals surface area contributed by atoms with Crippen molar-refractivity contribution in [2.24, 2.45) is 5.92 Å². The van der Waals surface area contributed by atoms with Gasteiger partial charge in [0.05, 0.1) is 11.4 Å². The van der Waals surface area contributed by atoms with Crippen LogP contribution >= 0.6 is 0 Å². The molecular formula is C30H34F6N4O5. The van der Waals surface area contributed by atoms with Crippen molar-refractivity contribution >= 4 is 29.3 Å². The Hall–Kier alpha value is -4.17. The van der Waals surface area contributed by atoms with Gasteiger partial charge in [0.15, 0.2) is 0 Å². The maximum atomic E-state index is 13.7. The Bertz CT molecular complexity index is 1390. The molecule has 9 nitrogen and oxygen atoms in total. The van der Waals surface area contributed by atoms with Crippen LogP contribution in [0, 0.1) is 5.92 Å². The van der Waals surface area contributed by atoms with Crippen molar-refractivity contribution in [3.8, 4) is 5.75 Å². The van der Waals surface area contributed by atoms with Crippen LogP contribution in [0.3, 0.4) is 0 Å². The average molecular weight is 645 g/mol. The van der Waals surface area contributed by atoms with Crippen LogP contribution in [0.1, 0.15) is 39.2 Å². The summed E-state index contributed by atoms with van der Waals surface area (Å²) >= 11 is 0. The maximum Gasteiger partial charge on any atom is 0.573 e. The lowest BCUT2D eigenvalue weighted by atomic mass is 10.0. The highest BCUT2D eigenvalue weighted by Gasteiger charge is 2.42. The van der Waals surface area contributed by atoms with Crippen molar-refractivity contribution in [3.63, 3.8) is 0 Å². The minimum atomic E-state index is -5.05. The van der Waals surface area contributed by atoms with E-state index in [1.807, 2.05) is 0 Å². The number of ether oxygens (including phenoxy) is 2. The van der Waals surface area contributed by atoms with Gasteiger partial charge in [0, 0.05) is 19.5 Å². The Morgan fingerprint density at radius 3 is 2.18 bits per heavy atom. The average Bonchev–Trinajstić information content (AvgIpc) is 3.73. The Morgan fingerprint density at radius 1 is 0.956 bits per heavy atom. The second-order valence-electron chi connectivity index (χ2n) is 12.0. The molecule has 15 heteroatoms. The molecule has 0 aromatic heterocycles. The zero-order valence-corrected chi connectivity index (χ0v) is 24.8. The first kappa shape index (κ1) is 33.7. The van der Waals surface area contributed by atoms with Gasteiger partial charge in [0.25, 0.3) is 5.91 Å². The molecule has 246 valence electrons. The Morgan fingerprint density at radius 2 is 1.58 bits per heavy atom. The molecule has 2 aromatic rings. The standard InChI is InChI=1S/C30H34F6N4O5/c1-28(2,3)45-27(43)38-20(14-19-8-4-7-11-24(19)44-30(34,35)36)25(41)37-21-16-39(15-18-12-13-18)22-9-5-6-10-23(22)40(26(21)42)17-29(31,32)33/h4-11,18,20-21H,12-17H2,1-3H3,(H,37,41)(H,38,43). The van der Waals surface area contributed by atoms with Crippen LogP contribution in [0.5, 0.6) is 5.75 Å². The van der Waals surface area contributed by atoms with Crippen molar-refractivity contribution in [2.45, 2.75) is 70.3 Å². The lowest BCUT2D eigenvalue weighted by Crippen LogP contribution is -2.58. The van der Waals surface area contributed by atoms with Gasteiger partial charge in [-0.15, -0.1) is 13.2 Å². The van der Waals surface area contributed by atoms with Gasteiger partial charge >= 0.3 is 18.6 Å². The maximum absolute atomic E-state index is 13.7. The molecule has 2 aromatic carbocycles. The molecule has 2 N–H and O–H groups in total. The van der Waals surface area contributed by atoms with Crippen molar-refractivity contribution < 1.29 is 50.2 Å². The normalized spacial score (nSPS) is 18.1. The SMILES string of the molecule is CC(C)(C)OC(=O)NC(Cc1ccccc1OC(F)(F)F)C(=O)NC1CN(CC2CC2)c2ccccc2N(CC(F)(F)F)C1=O. The van der Waals surface area contributed by atoms with Crippen molar-refractivity contribution in [1.29, 1.82) is 0 Å². The number of fused-ring (bicyclic) bond motifs is 1. The number of hydrogen-bond donors (Lipinski definition) is 2. The first-order chi connectivity index (χ1) is 20.9. The number of carbonyl (C=O) groups is 3. The van der Waals surface area contributed by atoms with Gasteiger partial charge in [-0.3, -0.25) is 14.5 Å². The fourth-order valence-electron chi connectivity index (χ4n) is 4.95. The lowest BCUT2D eigenvalue weighted by molar-refractivity contribution is -0.274. The smallest absolute Gasteiger partial charge is 0.444 e. The fourth-order valence-corrected chi connectivity index (χ4v) is 4.95. The third-order valence-corrected chi connectivity index (χ3v) is 6.94. The van der Waals surface area contributed by atoms with E-state index in [0.29, 0.717) is 17.1 Å². The fraction of sp³-hybridized carbons (Fsp3) is 0.500. The number of hydrogen-bond acceptors (Lipinski definition) is 6. The van der Waals surface area contributed by atoms with Gasteiger partial charge in [-0.1, -0.05) is 30.3 Å². The van der Waals surface area contributed by atoms with Crippen molar-refractivity contribution in [2.75, 3.05) is 29.4 Å². The molecule has 0 saturated heterocycles. The zero-order valence-electron chi connectivity index (χ0n) is 24.8. The van der Waals surface area contributed by atoms with Crippen LogP contribution in [-0.4, -0.2) is 67.8 Å². The molecule has 4 rings (SSSR count). The number of halogens is 6. The van der Waals surface area contributed by atoms with Gasteiger partial charge in [-0.2, -0.15) is 13.2 Å². The van der Waals surface area contributed by atoms with Crippen LogP contribution in [0.25, 0.3) is 0 Å². The molecule has 1 saturated carbocycles. The number of carbonyl (C=O) groups excluding carboxylic acids is 3. The minimum Gasteiger partial charge on any atom is -0.444 e. The second kappa shape index (κ2) is 13.1. The van der Waals surface area contributed by atoms with E-state index in [1.165, 1.54) is 30.3 Å². The lowest BCUT2D eigenvalue weighted by Gasteiger charge is -2.29. The summed E-state index contributed by atoms with van der Waals surface area (Å²) in [5.74, 6) is -2.43. The zero-order chi connectivity index (χ0) is 33.2. The van der Waals surface area contributed by atoms with E-state index in [4.69, 9.17) is 4.74 Å². The predicted octanol–water partition coefficient (Wildman–Crippen LogP) is 5.33. The van der Waals surface area contributed by atoms with E-state index in [9.17, 15) is 40.7 Å². The largest absolute Gasteiger partial charge is 0.573 e. The molecule has 1 heterocycles. The molecule has 2 unspecified atom stereocenters. The number of para-hydroxylation sites is 3. The highest BCUT2D eigenvalue weighted by atomic mass is 19.4. The monoisotopic (exact) mass is 644 g/mol. The van der Waals surface area contributed by atoms with E-state index in [-0.39, 0.29) is 23.7 Å². The van der Waals surface area contributed by atoms with Crippen LogP contribution in [-0.2, 0) is 20.7 Å². The number of amides is 3. The second-order valence-corrected chi connectivity index (χ2v) is 12.0. The van der Waals surface area contributed by atoms with E-state index in [2.05, 4.69) is 15.4 Å². The summed E-state index contributed by atoms with van der Waals surface area (Å²) in [5, 5.41) is 4.79. The molecule has 1 aliphatic heterocycles. The van der Waals surface area contributed by atoms with E-state index in [0.717, 1.165) is 18.9 Å². The number of rotatable bonds is 9. The molecule has 2 atom stereocenters. The topological polar surface area (TPSA) is 100 Å². The van der Waals surface area contributed by atoms with Gasteiger partial charge in [0.2, 0.25) is 5.91 Å². The number of benzene rings is 2. The van der Waals surface area contributed by atoms with Crippen LogP contribution in [0.15, 0.2) is 48.5 Å². The third kappa shape index (κ3) is 9.91. The van der Waals surface area contributed by atoms with Crippen LogP contribution < -0.4 is 25.2 Å². The molecule has 3 amide bonds. The summed E-state index contributed by atoms with van der Waals surface area (Å²) < 4.78 is 89.7. The molecule has 45 heavy (non-hydrogen) atoms. The summed E-state index contributed by atoms with van der Waals surface area (Å²) in [6.07, 6.45) is -9.64. The molecule has 0 radical (unpaired) electrons. The summed E-state index contributed by atoms with van der Waals surface area (Å²) in [7, 11) is 0. The number of alkyl carbamates (subject to hydrolysis) is 1. The molecule has 0 bridgehead atoms. The van der Waals surface area contributed by atoms with Crippen molar-refractivity contribution in [1.82, 2.24) is 10.6 Å². The Labute approximate surface area is 255 Å². The molecule has 0 spiro atoms. The quantitative estimate of drug-likeness (QED) is 0.358. The predicted molar refractivity (Wildman–Crippen MR) is 152 cm³/mol. The molecule has 2 aliphatic rings. The molecule has 1 aliphatic carbocycles. The molecule has 1 fully saturated rings. The van der Waals surface area contributed by atoms with E-state index >= 15 is 0 Å². The van der Waals surface area contributed by atoms with Gasteiger partial charge in [-0.05, 0) is 63.3 Å². The van der Waals surface area contributed by atoms with Gasteiger partial charge in [-0.25, -0.2) is 4.79 Å². The van der Waals surface area contributed by atoms with E-state index < -0.39 is 66.8 Å².